The maximum atomic E-state index is 12.9. The van der Waals surface area contributed by atoms with E-state index in [2.05, 4.69) is 15.4 Å². The average Bonchev–Trinajstić information content (AvgIpc) is 3.31. The van der Waals surface area contributed by atoms with Gasteiger partial charge >= 0.3 is 5.97 Å². The minimum atomic E-state index is -3.84. The van der Waals surface area contributed by atoms with Crippen LogP contribution in [0.4, 0.5) is 16.4 Å². The molecule has 4 rings (SSSR count). The van der Waals surface area contributed by atoms with Gasteiger partial charge in [-0.05, 0) is 67.2 Å². The number of hydrogen-bond donors (Lipinski definition) is 3. The van der Waals surface area contributed by atoms with Crippen LogP contribution in [0.15, 0.2) is 89.8 Å². The molecule has 3 aromatic carbocycles. The molecule has 1 heterocycles. The van der Waals surface area contributed by atoms with Gasteiger partial charge in [0.05, 0.1) is 29.9 Å². The van der Waals surface area contributed by atoms with Crippen molar-refractivity contribution in [1.29, 1.82) is 0 Å². The zero-order chi connectivity index (χ0) is 27.8. The summed E-state index contributed by atoms with van der Waals surface area (Å²) in [7, 11) is -2.37. The molecule has 0 bridgehead atoms. The predicted octanol–water partition coefficient (Wildman–Crippen LogP) is 6.13. The molecule has 0 unspecified atom stereocenters. The quantitative estimate of drug-likeness (QED) is 0.152. The van der Waals surface area contributed by atoms with E-state index < -0.39 is 16.0 Å². The van der Waals surface area contributed by atoms with Crippen LogP contribution < -0.4 is 20.1 Å². The van der Waals surface area contributed by atoms with Gasteiger partial charge in [0.1, 0.15) is 10.8 Å². The second-order valence-corrected chi connectivity index (χ2v) is 11.5. The van der Waals surface area contributed by atoms with E-state index in [9.17, 15) is 13.2 Å². The summed E-state index contributed by atoms with van der Waals surface area (Å²) in [6, 6.07) is 24.7. The van der Waals surface area contributed by atoms with Crippen LogP contribution in [-0.2, 0) is 21.2 Å². The number of ether oxygens (including phenoxy) is 2. The maximum absolute atomic E-state index is 12.9. The fraction of sp³-hybridized carbons (Fsp3) is 0.143. The summed E-state index contributed by atoms with van der Waals surface area (Å²) >= 11 is 6.90. The van der Waals surface area contributed by atoms with Gasteiger partial charge in [0.25, 0.3) is 10.0 Å². The second kappa shape index (κ2) is 12.7. The Kier molecular flexibility index (Phi) is 9.18. The van der Waals surface area contributed by atoms with E-state index in [1.165, 1.54) is 30.6 Å². The van der Waals surface area contributed by atoms with E-state index in [0.717, 1.165) is 10.4 Å². The van der Waals surface area contributed by atoms with Crippen LogP contribution in [0.1, 0.15) is 27.7 Å². The number of benzene rings is 3. The van der Waals surface area contributed by atoms with Gasteiger partial charge in [0, 0.05) is 17.0 Å². The van der Waals surface area contributed by atoms with Crippen molar-refractivity contribution in [3.63, 3.8) is 0 Å². The first-order valence-corrected chi connectivity index (χ1v) is 14.7. The number of nitrogens with one attached hydrogen (secondary N) is 3. The summed E-state index contributed by atoms with van der Waals surface area (Å²) < 4.78 is 38.7. The van der Waals surface area contributed by atoms with Crippen molar-refractivity contribution in [3.8, 4) is 5.75 Å². The number of thiocarbonyl (C=S) groups is 1. The molecule has 0 aliphatic carbocycles. The van der Waals surface area contributed by atoms with Crippen molar-refractivity contribution < 1.29 is 22.7 Å². The number of esters is 1. The summed E-state index contributed by atoms with van der Waals surface area (Å²) in [5.41, 5.74) is 2.44. The molecule has 0 saturated carbocycles. The fourth-order valence-electron chi connectivity index (χ4n) is 3.70. The van der Waals surface area contributed by atoms with Gasteiger partial charge in [-0.25, -0.2) is 13.2 Å². The first-order valence-electron chi connectivity index (χ1n) is 12.0. The highest BCUT2D eigenvalue weighted by Crippen LogP contribution is 2.31. The summed E-state index contributed by atoms with van der Waals surface area (Å²) in [6.45, 7) is 2.01. The molecule has 4 aromatic rings. The third kappa shape index (κ3) is 7.34. The molecule has 0 radical (unpaired) electrons. The topological polar surface area (TPSA) is 106 Å². The monoisotopic (exact) mass is 581 g/mol. The lowest BCUT2D eigenvalue weighted by Gasteiger charge is -2.13. The molecule has 0 aliphatic rings. The van der Waals surface area contributed by atoms with Crippen LogP contribution in [0.3, 0.4) is 0 Å². The van der Waals surface area contributed by atoms with E-state index in [1.54, 1.807) is 43.3 Å². The van der Waals surface area contributed by atoms with Crippen LogP contribution in [0.25, 0.3) is 0 Å². The van der Waals surface area contributed by atoms with Crippen molar-refractivity contribution in [2.75, 3.05) is 29.1 Å². The number of carbonyl (C=O) groups excluding carboxylic acids is 1. The number of para-hydroxylation sites is 2. The number of carbonyl (C=O) groups is 1. The summed E-state index contributed by atoms with van der Waals surface area (Å²) in [4.78, 5) is 13.6. The SMILES string of the molecule is CCOC(=O)c1cc(Cc2ccccc2)sc1NC(=S)Nc1ccc(S(=O)(=O)Nc2ccccc2OC)cc1. The Bertz CT molecular complexity index is 1550. The Balaban J connectivity index is 1.45. The Labute approximate surface area is 237 Å². The van der Waals surface area contributed by atoms with Crippen LogP contribution in [0, 0.1) is 0 Å². The third-order valence-corrected chi connectivity index (χ3v) is 8.14. The van der Waals surface area contributed by atoms with E-state index >= 15 is 0 Å². The van der Waals surface area contributed by atoms with Crippen molar-refractivity contribution >= 4 is 61.0 Å². The second-order valence-electron chi connectivity index (χ2n) is 8.25. The fourth-order valence-corrected chi connectivity index (χ4v) is 6.13. The molecular weight excluding hydrogens is 555 g/mol. The van der Waals surface area contributed by atoms with E-state index in [4.69, 9.17) is 21.7 Å². The molecular formula is C28H27N3O5S3. The lowest BCUT2D eigenvalue weighted by Crippen LogP contribution is -2.20. The molecule has 0 spiro atoms. The number of methoxy groups -OCH3 is 1. The number of rotatable bonds is 10. The molecule has 3 N–H and O–H groups in total. The van der Waals surface area contributed by atoms with Crippen LogP contribution in [0.5, 0.6) is 5.75 Å². The Hall–Kier alpha value is -3.93. The van der Waals surface area contributed by atoms with Gasteiger partial charge in [-0.3, -0.25) is 4.72 Å². The molecule has 202 valence electrons. The Morgan fingerprint density at radius 1 is 0.949 bits per heavy atom. The zero-order valence-electron chi connectivity index (χ0n) is 21.3. The highest BCUT2D eigenvalue weighted by molar-refractivity contribution is 7.92. The predicted molar refractivity (Wildman–Crippen MR) is 160 cm³/mol. The average molecular weight is 582 g/mol. The van der Waals surface area contributed by atoms with Crippen LogP contribution in [0.2, 0.25) is 0 Å². The van der Waals surface area contributed by atoms with Gasteiger partial charge in [0.15, 0.2) is 5.11 Å². The molecule has 0 amide bonds. The molecule has 39 heavy (non-hydrogen) atoms. The van der Waals surface area contributed by atoms with Gasteiger partial charge in [-0.2, -0.15) is 0 Å². The van der Waals surface area contributed by atoms with Crippen LogP contribution >= 0.6 is 23.6 Å². The summed E-state index contributed by atoms with van der Waals surface area (Å²) in [5, 5.41) is 6.94. The maximum Gasteiger partial charge on any atom is 0.341 e. The highest BCUT2D eigenvalue weighted by atomic mass is 32.2. The van der Waals surface area contributed by atoms with Gasteiger partial charge in [0.2, 0.25) is 0 Å². The molecule has 0 fully saturated rings. The lowest BCUT2D eigenvalue weighted by molar-refractivity contribution is 0.0528. The highest BCUT2D eigenvalue weighted by Gasteiger charge is 2.19. The molecule has 11 heteroatoms. The van der Waals surface area contributed by atoms with Crippen molar-refractivity contribution in [2.24, 2.45) is 0 Å². The Morgan fingerprint density at radius 3 is 2.33 bits per heavy atom. The number of thiophene rings is 1. The molecule has 1 aromatic heterocycles. The smallest absolute Gasteiger partial charge is 0.341 e. The summed E-state index contributed by atoms with van der Waals surface area (Å²) in [6.07, 6.45) is 0.665. The van der Waals surface area contributed by atoms with Crippen molar-refractivity contribution in [3.05, 3.63) is 101 Å². The normalized spacial score (nSPS) is 10.9. The zero-order valence-corrected chi connectivity index (χ0v) is 23.7. The number of sulfonamides is 1. The first kappa shape index (κ1) is 28.1. The molecule has 8 nitrogen and oxygen atoms in total. The van der Waals surface area contributed by atoms with Gasteiger partial charge < -0.3 is 20.1 Å². The molecule has 0 atom stereocenters. The standard InChI is InChI=1S/C28H27N3O5S3/c1-3-36-27(32)23-18-21(17-19-9-5-4-6-10-19)38-26(23)30-28(37)29-20-13-15-22(16-14-20)39(33,34)31-24-11-7-8-12-25(24)35-2/h4-16,18,31H,3,17H2,1-2H3,(H2,29,30,37). The van der Waals surface area contributed by atoms with Gasteiger partial charge in [-0.15, -0.1) is 11.3 Å². The van der Waals surface area contributed by atoms with Crippen molar-refractivity contribution in [2.45, 2.75) is 18.2 Å². The largest absolute Gasteiger partial charge is 0.495 e. The van der Waals surface area contributed by atoms with E-state index in [1.807, 2.05) is 36.4 Å². The van der Waals surface area contributed by atoms with Crippen molar-refractivity contribution in [1.82, 2.24) is 0 Å². The minimum absolute atomic E-state index is 0.0752. The number of hydrogen-bond acceptors (Lipinski definition) is 7. The summed E-state index contributed by atoms with van der Waals surface area (Å²) in [5.74, 6) is -0.0195. The molecule has 0 aliphatic heterocycles. The number of anilines is 3. The van der Waals surface area contributed by atoms with E-state index in [0.29, 0.717) is 34.1 Å². The molecule has 0 saturated heterocycles. The lowest BCUT2D eigenvalue weighted by atomic mass is 10.1. The first-order chi connectivity index (χ1) is 18.8. The minimum Gasteiger partial charge on any atom is -0.495 e. The third-order valence-electron chi connectivity index (χ3n) is 5.50. The van der Waals surface area contributed by atoms with Crippen LogP contribution in [-0.4, -0.2) is 33.2 Å². The van der Waals surface area contributed by atoms with E-state index in [-0.39, 0.29) is 16.6 Å². The Morgan fingerprint density at radius 2 is 1.64 bits per heavy atom. The van der Waals surface area contributed by atoms with Gasteiger partial charge in [-0.1, -0.05) is 42.5 Å².